The maximum atomic E-state index is 13.7. The number of para-hydroxylation sites is 1. The summed E-state index contributed by atoms with van der Waals surface area (Å²) in [6.07, 6.45) is 2.23. The number of nitrogens with two attached hydrogens (primary N) is 1. The molecule has 40 heavy (non-hydrogen) atoms. The normalized spacial score (nSPS) is 24.6. The number of carbonyl (C=O) groups is 3. The Labute approximate surface area is 233 Å². The number of fused-ring (bicyclic) bond motifs is 2. The first-order valence-electron chi connectivity index (χ1n) is 13.9. The molecule has 0 fully saturated rings. The van der Waals surface area contributed by atoms with Gasteiger partial charge in [0.1, 0.15) is 17.5 Å². The SMILES string of the molecule is CCOC(=O)[C@]1(C)Oc2ccccc2C1NC(=O)c1ccc2c(c1)[C@H](N1C(=O)CC(CC)(CC)N=C1N)CCO2. The highest BCUT2D eigenvalue weighted by molar-refractivity contribution is 6.00. The molecule has 0 aliphatic carbocycles. The molecule has 3 heterocycles. The van der Waals surface area contributed by atoms with E-state index < -0.39 is 35.1 Å². The van der Waals surface area contributed by atoms with Crippen LogP contribution < -0.4 is 20.5 Å². The number of benzene rings is 2. The molecule has 0 radical (unpaired) electrons. The van der Waals surface area contributed by atoms with Crippen molar-refractivity contribution in [2.24, 2.45) is 10.7 Å². The highest BCUT2D eigenvalue weighted by Crippen LogP contribution is 2.44. The molecule has 0 spiro atoms. The van der Waals surface area contributed by atoms with Crippen LogP contribution in [0, 0.1) is 0 Å². The number of carbonyl (C=O) groups excluding carboxylic acids is 3. The van der Waals surface area contributed by atoms with Gasteiger partial charge in [0.15, 0.2) is 5.96 Å². The van der Waals surface area contributed by atoms with E-state index in [0.29, 0.717) is 41.2 Å². The molecule has 1 unspecified atom stereocenters. The van der Waals surface area contributed by atoms with E-state index in [1.54, 1.807) is 49.1 Å². The molecule has 5 rings (SSSR count). The molecule has 10 heteroatoms. The van der Waals surface area contributed by atoms with Gasteiger partial charge >= 0.3 is 5.97 Å². The van der Waals surface area contributed by atoms with Crippen molar-refractivity contribution >= 4 is 23.7 Å². The Morgan fingerprint density at radius 1 is 1.12 bits per heavy atom. The van der Waals surface area contributed by atoms with Crippen molar-refractivity contribution < 1.29 is 28.6 Å². The zero-order valence-electron chi connectivity index (χ0n) is 23.4. The molecule has 10 nitrogen and oxygen atoms in total. The lowest BCUT2D eigenvalue weighted by Crippen LogP contribution is -2.53. The minimum Gasteiger partial charge on any atom is -0.493 e. The van der Waals surface area contributed by atoms with Gasteiger partial charge in [-0.1, -0.05) is 32.0 Å². The Balaban J connectivity index is 1.46. The zero-order valence-corrected chi connectivity index (χ0v) is 23.4. The van der Waals surface area contributed by atoms with Crippen LogP contribution >= 0.6 is 0 Å². The minimum absolute atomic E-state index is 0.0891. The number of aliphatic imine (C=N–C) groups is 1. The molecular weight excluding hydrogens is 512 g/mol. The van der Waals surface area contributed by atoms with E-state index >= 15 is 0 Å². The number of hydrogen-bond acceptors (Lipinski definition) is 8. The third kappa shape index (κ3) is 4.55. The summed E-state index contributed by atoms with van der Waals surface area (Å²) in [4.78, 5) is 46.3. The fourth-order valence-corrected chi connectivity index (χ4v) is 5.87. The van der Waals surface area contributed by atoms with Crippen LogP contribution in [0.5, 0.6) is 11.5 Å². The van der Waals surface area contributed by atoms with Crippen LogP contribution in [-0.2, 0) is 14.3 Å². The predicted octanol–water partition coefficient (Wildman–Crippen LogP) is 3.80. The van der Waals surface area contributed by atoms with Gasteiger partial charge in [-0.2, -0.15) is 0 Å². The average molecular weight is 549 g/mol. The number of ether oxygens (including phenoxy) is 3. The highest BCUT2D eigenvalue weighted by atomic mass is 16.6. The standard InChI is InChI=1S/C30H36N4O6/c1-5-30(6-2)17-24(35)34(28(31)33-30)21-14-15-39-22-13-12-18(16-20(21)22)26(36)32-25-19-10-8-9-11-23(19)40-29(25,4)27(37)38-7-3/h8-13,16,21,25H,5-7,14-15,17H2,1-4H3,(H2,31,33)(H,32,36)/t21-,25?,29-/m1/s1. The topological polar surface area (TPSA) is 133 Å². The first kappa shape index (κ1) is 27.5. The summed E-state index contributed by atoms with van der Waals surface area (Å²) >= 11 is 0. The van der Waals surface area contributed by atoms with Gasteiger partial charge in [0, 0.05) is 23.1 Å². The van der Waals surface area contributed by atoms with Crippen molar-refractivity contribution in [3.05, 3.63) is 59.2 Å². The van der Waals surface area contributed by atoms with Crippen molar-refractivity contribution in [3.63, 3.8) is 0 Å². The number of amides is 2. The summed E-state index contributed by atoms with van der Waals surface area (Å²) in [5.41, 5.74) is 6.18. The quantitative estimate of drug-likeness (QED) is 0.503. The smallest absolute Gasteiger partial charge is 0.352 e. The van der Waals surface area contributed by atoms with Crippen LogP contribution in [-0.4, -0.2) is 53.0 Å². The van der Waals surface area contributed by atoms with Crippen LogP contribution in [0.4, 0.5) is 0 Å². The van der Waals surface area contributed by atoms with Crippen molar-refractivity contribution in [2.75, 3.05) is 13.2 Å². The molecule has 212 valence electrons. The molecule has 2 aromatic carbocycles. The van der Waals surface area contributed by atoms with Crippen LogP contribution in [0.15, 0.2) is 47.5 Å². The van der Waals surface area contributed by atoms with Gasteiger partial charge in [-0.05, 0) is 51.0 Å². The highest BCUT2D eigenvalue weighted by Gasteiger charge is 2.53. The zero-order chi connectivity index (χ0) is 28.7. The summed E-state index contributed by atoms with van der Waals surface area (Å²) < 4.78 is 17.2. The maximum absolute atomic E-state index is 13.7. The van der Waals surface area contributed by atoms with Crippen LogP contribution in [0.3, 0.4) is 0 Å². The molecule has 3 aliphatic rings. The van der Waals surface area contributed by atoms with Gasteiger partial charge < -0.3 is 25.3 Å². The third-order valence-electron chi connectivity index (χ3n) is 8.31. The molecule has 0 saturated heterocycles. The summed E-state index contributed by atoms with van der Waals surface area (Å²) in [5.74, 6) is 0.226. The van der Waals surface area contributed by atoms with E-state index in [2.05, 4.69) is 5.32 Å². The molecule has 0 aromatic heterocycles. The molecule has 3 N–H and O–H groups in total. The van der Waals surface area contributed by atoms with Crippen LogP contribution in [0.25, 0.3) is 0 Å². The Morgan fingerprint density at radius 2 is 1.88 bits per heavy atom. The Kier molecular flexibility index (Phi) is 7.20. The largest absolute Gasteiger partial charge is 0.493 e. The van der Waals surface area contributed by atoms with Gasteiger partial charge in [-0.25, -0.2) is 9.79 Å². The molecule has 0 saturated carbocycles. The average Bonchev–Trinajstić information content (AvgIpc) is 3.24. The number of hydrogen-bond donors (Lipinski definition) is 2. The van der Waals surface area contributed by atoms with E-state index in [0.717, 1.165) is 12.8 Å². The van der Waals surface area contributed by atoms with Crippen molar-refractivity contribution in [3.8, 4) is 11.5 Å². The monoisotopic (exact) mass is 548 g/mol. The van der Waals surface area contributed by atoms with Crippen LogP contribution in [0.1, 0.15) is 86.9 Å². The lowest BCUT2D eigenvalue weighted by Gasteiger charge is -2.41. The first-order chi connectivity index (χ1) is 19.2. The number of guanidine groups is 1. The molecule has 3 aliphatic heterocycles. The minimum atomic E-state index is -1.44. The number of nitrogens with one attached hydrogen (secondary N) is 1. The molecule has 2 amide bonds. The van der Waals surface area contributed by atoms with E-state index in [1.807, 2.05) is 26.0 Å². The Morgan fingerprint density at radius 3 is 2.58 bits per heavy atom. The summed E-state index contributed by atoms with van der Waals surface area (Å²) in [6.45, 7) is 7.94. The summed E-state index contributed by atoms with van der Waals surface area (Å²) in [6, 6.07) is 11.1. The number of esters is 1. The van der Waals surface area contributed by atoms with E-state index in [4.69, 9.17) is 24.9 Å². The molecule has 2 aromatic rings. The molecule has 0 bridgehead atoms. The van der Waals surface area contributed by atoms with Gasteiger partial charge in [0.2, 0.25) is 11.5 Å². The maximum Gasteiger partial charge on any atom is 0.352 e. The lowest BCUT2D eigenvalue weighted by atomic mass is 9.87. The van der Waals surface area contributed by atoms with E-state index in [9.17, 15) is 14.4 Å². The second-order valence-electron chi connectivity index (χ2n) is 10.6. The fraction of sp³-hybridized carbons (Fsp3) is 0.467. The second kappa shape index (κ2) is 10.5. The summed E-state index contributed by atoms with van der Waals surface area (Å²) in [5, 5.41) is 2.99. The second-order valence-corrected chi connectivity index (χ2v) is 10.6. The predicted molar refractivity (Wildman–Crippen MR) is 148 cm³/mol. The number of nitrogens with zero attached hydrogens (tertiary/aromatic N) is 2. The van der Waals surface area contributed by atoms with Gasteiger partial charge in [0.25, 0.3) is 5.91 Å². The summed E-state index contributed by atoms with van der Waals surface area (Å²) in [7, 11) is 0. The Bertz CT molecular complexity index is 1370. The fourth-order valence-electron chi connectivity index (χ4n) is 5.87. The number of rotatable bonds is 7. The Hall–Kier alpha value is -4.08. The third-order valence-corrected chi connectivity index (χ3v) is 8.31. The first-order valence-corrected chi connectivity index (χ1v) is 13.9. The van der Waals surface area contributed by atoms with Crippen molar-refractivity contribution in [1.29, 1.82) is 0 Å². The van der Waals surface area contributed by atoms with E-state index in [-0.39, 0.29) is 24.9 Å². The van der Waals surface area contributed by atoms with Gasteiger partial charge in [-0.15, -0.1) is 0 Å². The van der Waals surface area contributed by atoms with Crippen molar-refractivity contribution in [1.82, 2.24) is 10.2 Å². The lowest BCUT2D eigenvalue weighted by molar-refractivity contribution is -0.161. The van der Waals surface area contributed by atoms with Crippen molar-refractivity contribution in [2.45, 2.75) is 76.6 Å². The molecular formula is C30H36N4O6. The van der Waals surface area contributed by atoms with Crippen LogP contribution in [0.2, 0.25) is 0 Å². The van der Waals surface area contributed by atoms with E-state index in [1.165, 1.54) is 0 Å². The molecule has 3 atom stereocenters. The van der Waals surface area contributed by atoms with Gasteiger partial charge in [-0.3, -0.25) is 14.5 Å². The van der Waals surface area contributed by atoms with Gasteiger partial charge in [0.05, 0.1) is 31.2 Å².